The van der Waals surface area contributed by atoms with Crippen molar-refractivity contribution in [2.24, 2.45) is 5.92 Å². The number of rotatable bonds is 5. The normalized spacial score (nSPS) is 24.3. The molecule has 0 bridgehead atoms. The number of para-hydroxylation sites is 2. The van der Waals surface area contributed by atoms with E-state index in [4.69, 9.17) is 0 Å². The summed E-state index contributed by atoms with van der Waals surface area (Å²) < 4.78 is 42.2. The molecule has 2 aliphatic rings. The highest BCUT2D eigenvalue weighted by Gasteiger charge is 2.65. The Balaban J connectivity index is 2.11. The molecule has 1 amide bonds. The smallest absolute Gasteiger partial charge is 0.348 e. The maximum absolute atomic E-state index is 14.1. The quantitative estimate of drug-likeness (QED) is 0.872. The topological polar surface area (TPSA) is 32.3 Å². The third kappa shape index (κ3) is 2.68. The molecule has 6 heteroatoms. The number of amides is 1. The first-order valence-corrected chi connectivity index (χ1v) is 8.15. The summed E-state index contributed by atoms with van der Waals surface area (Å²) in [7, 11) is 0. The zero-order chi connectivity index (χ0) is 16.7. The Morgan fingerprint density at radius 2 is 2.00 bits per heavy atom. The minimum Gasteiger partial charge on any atom is -0.348 e. The van der Waals surface area contributed by atoms with Gasteiger partial charge in [0.05, 0.1) is 11.4 Å². The minimum absolute atomic E-state index is 0.208. The molecule has 1 fully saturated rings. The van der Waals surface area contributed by atoms with E-state index in [1.54, 1.807) is 24.3 Å². The number of benzene rings is 1. The molecule has 3 nitrogen and oxygen atoms in total. The number of hydrogen-bond acceptors (Lipinski definition) is 2. The molecule has 1 atom stereocenters. The van der Waals surface area contributed by atoms with E-state index in [2.05, 4.69) is 5.32 Å². The average Bonchev–Trinajstić information content (AvgIpc) is 3.29. The lowest BCUT2D eigenvalue weighted by molar-refractivity contribution is -0.192. The SMILES string of the molecule is CCCCC1(C(F)(F)F)C(=O)Nc2ccccc2N1CC1CC1. The fourth-order valence-electron chi connectivity index (χ4n) is 3.29. The van der Waals surface area contributed by atoms with E-state index in [1.165, 1.54) is 4.90 Å². The van der Waals surface area contributed by atoms with E-state index in [0.29, 0.717) is 24.2 Å². The molecule has 0 spiro atoms. The zero-order valence-corrected chi connectivity index (χ0v) is 13.1. The molecule has 0 saturated heterocycles. The van der Waals surface area contributed by atoms with Crippen LogP contribution in [0.25, 0.3) is 0 Å². The van der Waals surface area contributed by atoms with Crippen molar-refractivity contribution < 1.29 is 18.0 Å². The van der Waals surface area contributed by atoms with E-state index in [9.17, 15) is 18.0 Å². The number of unbranched alkanes of at least 4 members (excludes halogenated alkanes) is 1. The minimum atomic E-state index is -4.62. The predicted octanol–water partition coefficient (Wildman–Crippen LogP) is 4.35. The predicted molar refractivity (Wildman–Crippen MR) is 83.5 cm³/mol. The number of anilines is 2. The molecule has 1 aromatic rings. The molecule has 1 saturated carbocycles. The number of nitrogens with zero attached hydrogens (tertiary/aromatic N) is 1. The molecular formula is C17H21F3N2O. The van der Waals surface area contributed by atoms with Gasteiger partial charge < -0.3 is 10.2 Å². The van der Waals surface area contributed by atoms with E-state index in [0.717, 1.165) is 12.8 Å². The number of hydrogen-bond donors (Lipinski definition) is 1. The number of alkyl halides is 3. The van der Waals surface area contributed by atoms with Gasteiger partial charge in [-0.2, -0.15) is 13.2 Å². The summed E-state index contributed by atoms with van der Waals surface area (Å²) in [4.78, 5) is 13.9. The molecule has 1 N–H and O–H groups in total. The van der Waals surface area contributed by atoms with Crippen molar-refractivity contribution >= 4 is 17.3 Å². The van der Waals surface area contributed by atoms with Crippen molar-refractivity contribution in [1.82, 2.24) is 0 Å². The van der Waals surface area contributed by atoms with Gasteiger partial charge in [0, 0.05) is 6.54 Å². The summed E-state index contributed by atoms with van der Waals surface area (Å²) in [5.74, 6) is -0.699. The molecule has 126 valence electrons. The molecule has 1 aliphatic heterocycles. The van der Waals surface area contributed by atoms with Crippen LogP contribution in [0.3, 0.4) is 0 Å². The van der Waals surface area contributed by atoms with Gasteiger partial charge in [0.15, 0.2) is 0 Å². The molecule has 23 heavy (non-hydrogen) atoms. The van der Waals surface area contributed by atoms with Gasteiger partial charge in [-0.1, -0.05) is 31.9 Å². The van der Waals surface area contributed by atoms with Crippen molar-refractivity contribution in [2.75, 3.05) is 16.8 Å². The van der Waals surface area contributed by atoms with Crippen LogP contribution in [0.2, 0.25) is 0 Å². The second kappa shape index (κ2) is 5.73. The summed E-state index contributed by atoms with van der Waals surface area (Å²) in [6.07, 6.45) is -1.99. The van der Waals surface area contributed by atoms with Crippen LogP contribution < -0.4 is 10.2 Å². The van der Waals surface area contributed by atoms with Gasteiger partial charge in [-0.15, -0.1) is 0 Å². The van der Waals surface area contributed by atoms with Gasteiger partial charge in [-0.3, -0.25) is 4.79 Å². The van der Waals surface area contributed by atoms with E-state index >= 15 is 0 Å². The first-order chi connectivity index (χ1) is 10.9. The maximum Gasteiger partial charge on any atom is 0.420 e. The Bertz CT molecular complexity index is 598. The van der Waals surface area contributed by atoms with Gasteiger partial charge in [-0.05, 0) is 37.3 Å². The molecule has 3 rings (SSSR count). The second-order valence-corrected chi connectivity index (χ2v) is 6.49. The standard InChI is InChI=1S/C17H21F3N2O/c1-2-3-10-16(17(18,19)20)15(23)21-13-6-4-5-7-14(13)22(16)11-12-8-9-12/h4-7,12H,2-3,8-11H2,1H3,(H,21,23). The fourth-order valence-corrected chi connectivity index (χ4v) is 3.29. The van der Waals surface area contributed by atoms with Crippen molar-refractivity contribution in [3.05, 3.63) is 24.3 Å². The summed E-state index contributed by atoms with van der Waals surface area (Å²) in [6.45, 7) is 2.12. The van der Waals surface area contributed by atoms with Crippen molar-refractivity contribution in [2.45, 2.75) is 50.7 Å². The van der Waals surface area contributed by atoms with Crippen LogP contribution in [0.1, 0.15) is 39.0 Å². The monoisotopic (exact) mass is 326 g/mol. The van der Waals surface area contributed by atoms with Gasteiger partial charge in [0.25, 0.3) is 5.91 Å². The first kappa shape index (κ1) is 16.1. The van der Waals surface area contributed by atoms with Crippen LogP contribution >= 0.6 is 0 Å². The molecule has 0 radical (unpaired) electrons. The molecule has 1 unspecified atom stereocenters. The van der Waals surface area contributed by atoms with Crippen LogP contribution in [0.5, 0.6) is 0 Å². The van der Waals surface area contributed by atoms with Gasteiger partial charge in [0.2, 0.25) is 5.54 Å². The lowest BCUT2D eigenvalue weighted by atomic mass is 9.85. The van der Waals surface area contributed by atoms with Gasteiger partial charge in [-0.25, -0.2) is 0 Å². The Labute approximate surface area is 133 Å². The third-order valence-corrected chi connectivity index (χ3v) is 4.78. The highest BCUT2D eigenvalue weighted by atomic mass is 19.4. The van der Waals surface area contributed by atoms with Gasteiger partial charge >= 0.3 is 6.18 Å². The summed E-state index contributed by atoms with van der Waals surface area (Å²) >= 11 is 0. The summed E-state index contributed by atoms with van der Waals surface area (Å²) in [6, 6.07) is 6.77. The Morgan fingerprint density at radius 3 is 2.61 bits per heavy atom. The van der Waals surface area contributed by atoms with Gasteiger partial charge in [0.1, 0.15) is 0 Å². The van der Waals surface area contributed by atoms with Crippen molar-refractivity contribution in [1.29, 1.82) is 0 Å². The summed E-state index contributed by atoms with van der Waals surface area (Å²) in [5.41, 5.74) is -1.51. The van der Waals surface area contributed by atoms with Crippen LogP contribution in [0.4, 0.5) is 24.5 Å². The van der Waals surface area contributed by atoms with E-state index in [-0.39, 0.29) is 18.9 Å². The fraction of sp³-hybridized carbons (Fsp3) is 0.588. The van der Waals surface area contributed by atoms with Crippen molar-refractivity contribution in [3.63, 3.8) is 0 Å². The van der Waals surface area contributed by atoms with Crippen molar-refractivity contribution in [3.8, 4) is 0 Å². The van der Waals surface area contributed by atoms with E-state index in [1.807, 2.05) is 6.92 Å². The number of fused-ring (bicyclic) bond motifs is 1. The highest BCUT2D eigenvalue weighted by Crippen LogP contribution is 2.49. The number of nitrogens with one attached hydrogen (secondary N) is 1. The largest absolute Gasteiger partial charge is 0.420 e. The maximum atomic E-state index is 14.1. The molecular weight excluding hydrogens is 305 g/mol. The molecule has 1 heterocycles. The number of carbonyl (C=O) groups excluding carboxylic acids is 1. The Kier molecular flexibility index (Phi) is 4.02. The van der Waals surface area contributed by atoms with Crippen LogP contribution in [0.15, 0.2) is 24.3 Å². The lowest BCUT2D eigenvalue weighted by Gasteiger charge is -2.48. The van der Waals surface area contributed by atoms with Crippen LogP contribution in [-0.2, 0) is 4.79 Å². The average molecular weight is 326 g/mol. The second-order valence-electron chi connectivity index (χ2n) is 6.49. The Hall–Kier alpha value is -1.72. The zero-order valence-electron chi connectivity index (χ0n) is 13.1. The first-order valence-electron chi connectivity index (χ1n) is 8.15. The number of carbonyl (C=O) groups is 1. The summed E-state index contributed by atoms with van der Waals surface area (Å²) in [5, 5.41) is 2.49. The third-order valence-electron chi connectivity index (χ3n) is 4.78. The van der Waals surface area contributed by atoms with Crippen LogP contribution in [-0.4, -0.2) is 24.2 Å². The Morgan fingerprint density at radius 1 is 1.30 bits per heavy atom. The molecule has 1 aromatic carbocycles. The number of halogens is 3. The lowest BCUT2D eigenvalue weighted by Crippen LogP contribution is -2.68. The van der Waals surface area contributed by atoms with Crippen LogP contribution in [0, 0.1) is 5.92 Å². The molecule has 0 aromatic heterocycles. The highest BCUT2D eigenvalue weighted by molar-refractivity contribution is 6.07. The van der Waals surface area contributed by atoms with E-state index < -0.39 is 17.6 Å². The molecule has 1 aliphatic carbocycles.